The van der Waals surface area contributed by atoms with Crippen molar-refractivity contribution in [3.63, 3.8) is 0 Å². The summed E-state index contributed by atoms with van der Waals surface area (Å²) in [7, 11) is -1.80. The Labute approximate surface area is 191 Å². The molecule has 32 heavy (non-hydrogen) atoms. The summed E-state index contributed by atoms with van der Waals surface area (Å²) in [4.78, 5) is 5.07. The summed E-state index contributed by atoms with van der Waals surface area (Å²) in [5.74, 6) is 0.675. The summed E-state index contributed by atoms with van der Waals surface area (Å²) < 4.78 is 30.8. The lowest BCUT2D eigenvalue weighted by molar-refractivity contribution is 0.114. The zero-order valence-corrected chi connectivity index (χ0v) is 19.2. The molecular formula is C26H30N2O3S. The SMILES string of the molecule is COc1cccc(S(=O)(=O)CCN2CCN(C(c3ccccc3)c3ccccc3)CC2)c1. The summed E-state index contributed by atoms with van der Waals surface area (Å²) in [5, 5.41) is 0. The number of hydrogen-bond donors (Lipinski definition) is 0. The van der Waals surface area contributed by atoms with Gasteiger partial charge in [-0.3, -0.25) is 9.80 Å². The van der Waals surface area contributed by atoms with Crippen LogP contribution in [-0.2, 0) is 9.84 Å². The van der Waals surface area contributed by atoms with Crippen LogP contribution < -0.4 is 4.74 Å². The molecule has 0 atom stereocenters. The lowest BCUT2D eigenvalue weighted by atomic mass is 9.96. The predicted octanol–water partition coefficient (Wildman–Crippen LogP) is 3.88. The van der Waals surface area contributed by atoms with Gasteiger partial charge in [0.1, 0.15) is 5.75 Å². The van der Waals surface area contributed by atoms with E-state index in [9.17, 15) is 8.42 Å². The third kappa shape index (κ3) is 5.38. The Bertz CT molecular complexity index is 1060. The molecule has 1 aliphatic rings. The van der Waals surface area contributed by atoms with Gasteiger partial charge in [-0.2, -0.15) is 0 Å². The first-order valence-corrected chi connectivity index (χ1v) is 12.7. The molecule has 3 aromatic rings. The molecule has 0 saturated carbocycles. The first-order valence-electron chi connectivity index (χ1n) is 11.0. The summed E-state index contributed by atoms with van der Waals surface area (Å²) in [6, 6.07) is 28.1. The second kappa shape index (κ2) is 10.3. The Balaban J connectivity index is 1.39. The van der Waals surface area contributed by atoms with E-state index in [0.717, 1.165) is 26.2 Å². The average Bonchev–Trinajstić information content (AvgIpc) is 2.85. The fourth-order valence-corrected chi connectivity index (χ4v) is 5.61. The van der Waals surface area contributed by atoms with E-state index < -0.39 is 9.84 Å². The van der Waals surface area contributed by atoms with Crippen molar-refractivity contribution >= 4 is 9.84 Å². The van der Waals surface area contributed by atoms with Gasteiger partial charge in [0.25, 0.3) is 0 Å². The minimum atomic E-state index is -3.34. The maximum Gasteiger partial charge on any atom is 0.179 e. The number of hydrogen-bond acceptors (Lipinski definition) is 5. The largest absolute Gasteiger partial charge is 0.497 e. The lowest BCUT2D eigenvalue weighted by Gasteiger charge is -2.39. The highest BCUT2D eigenvalue weighted by molar-refractivity contribution is 7.91. The van der Waals surface area contributed by atoms with Gasteiger partial charge < -0.3 is 4.74 Å². The van der Waals surface area contributed by atoms with Crippen LogP contribution >= 0.6 is 0 Å². The van der Waals surface area contributed by atoms with Crippen LogP contribution in [0.5, 0.6) is 5.75 Å². The minimum absolute atomic E-state index is 0.112. The van der Waals surface area contributed by atoms with Gasteiger partial charge in [0, 0.05) is 32.7 Å². The Kier molecular flexibility index (Phi) is 7.25. The van der Waals surface area contributed by atoms with Gasteiger partial charge in [0.05, 0.1) is 23.8 Å². The second-order valence-corrected chi connectivity index (χ2v) is 10.2. The maximum absolute atomic E-state index is 12.8. The molecule has 1 heterocycles. The van der Waals surface area contributed by atoms with E-state index in [0.29, 0.717) is 17.2 Å². The highest BCUT2D eigenvalue weighted by Crippen LogP contribution is 2.29. The van der Waals surface area contributed by atoms with Crippen LogP contribution in [0.4, 0.5) is 0 Å². The quantitative estimate of drug-likeness (QED) is 0.521. The van der Waals surface area contributed by atoms with Crippen LogP contribution in [0.1, 0.15) is 17.2 Å². The van der Waals surface area contributed by atoms with Gasteiger partial charge >= 0.3 is 0 Å². The van der Waals surface area contributed by atoms with Crippen molar-refractivity contribution in [1.82, 2.24) is 9.80 Å². The van der Waals surface area contributed by atoms with E-state index in [2.05, 4.69) is 58.3 Å². The molecule has 0 radical (unpaired) electrons. The second-order valence-electron chi connectivity index (χ2n) is 8.10. The standard InChI is InChI=1S/C26H30N2O3S/c1-31-24-13-8-14-25(21-24)32(29,30)20-19-27-15-17-28(18-16-27)26(22-9-4-2-5-10-22)23-11-6-3-7-12-23/h2-14,21,26H,15-20H2,1H3. The molecule has 0 spiro atoms. The van der Waals surface area contributed by atoms with E-state index in [1.807, 2.05) is 12.1 Å². The van der Waals surface area contributed by atoms with Crippen molar-refractivity contribution in [3.8, 4) is 5.75 Å². The maximum atomic E-state index is 12.8. The normalized spacial score (nSPS) is 15.7. The van der Waals surface area contributed by atoms with Gasteiger partial charge in [-0.1, -0.05) is 66.7 Å². The van der Waals surface area contributed by atoms with Crippen molar-refractivity contribution in [2.75, 3.05) is 45.6 Å². The Morgan fingerprint density at radius 2 is 1.41 bits per heavy atom. The lowest BCUT2D eigenvalue weighted by Crippen LogP contribution is -2.48. The fourth-order valence-electron chi connectivity index (χ4n) is 4.29. The molecule has 168 valence electrons. The molecule has 3 aromatic carbocycles. The number of rotatable bonds is 8. The molecule has 0 bridgehead atoms. The number of benzene rings is 3. The first-order chi connectivity index (χ1) is 15.6. The average molecular weight is 451 g/mol. The minimum Gasteiger partial charge on any atom is -0.497 e. The van der Waals surface area contributed by atoms with Crippen LogP contribution in [0.15, 0.2) is 89.8 Å². The van der Waals surface area contributed by atoms with Crippen molar-refractivity contribution in [1.29, 1.82) is 0 Å². The van der Waals surface area contributed by atoms with Gasteiger partial charge in [0.15, 0.2) is 9.84 Å². The highest BCUT2D eigenvalue weighted by atomic mass is 32.2. The van der Waals surface area contributed by atoms with Crippen molar-refractivity contribution in [2.45, 2.75) is 10.9 Å². The summed E-state index contributed by atoms with van der Waals surface area (Å²) in [6.45, 7) is 4.03. The van der Waals surface area contributed by atoms with Crippen molar-refractivity contribution < 1.29 is 13.2 Å². The van der Waals surface area contributed by atoms with E-state index in [4.69, 9.17) is 4.74 Å². The van der Waals surface area contributed by atoms with E-state index in [1.165, 1.54) is 11.1 Å². The predicted molar refractivity (Wildman–Crippen MR) is 128 cm³/mol. The number of nitrogens with zero attached hydrogens (tertiary/aromatic N) is 2. The van der Waals surface area contributed by atoms with Crippen LogP contribution in [0.3, 0.4) is 0 Å². The molecule has 1 fully saturated rings. The van der Waals surface area contributed by atoms with Crippen LogP contribution in [0.25, 0.3) is 0 Å². The molecule has 6 heteroatoms. The molecule has 5 nitrogen and oxygen atoms in total. The van der Waals surface area contributed by atoms with Crippen LogP contribution in [-0.4, -0.2) is 63.8 Å². The molecule has 0 unspecified atom stereocenters. The van der Waals surface area contributed by atoms with E-state index in [1.54, 1.807) is 31.4 Å². The zero-order chi connectivity index (χ0) is 22.4. The Morgan fingerprint density at radius 1 is 0.812 bits per heavy atom. The van der Waals surface area contributed by atoms with Crippen LogP contribution in [0.2, 0.25) is 0 Å². The molecular weight excluding hydrogens is 420 g/mol. The molecule has 0 N–H and O–H groups in total. The molecule has 1 saturated heterocycles. The van der Waals surface area contributed by atoms with Crippen molar-refractivity contribution in [2.24, 2.45) is 0 Å². The van der Waals surface area contributed by atoms with Gasteiger partial charge in [-0.05, 0) is 29.3 Å². The number of methoxy groups -OCH3 is 1. The third-order valence-electron chi connectivity index (χ3n) is 6.08. The topological polar surface area (TPSA) is 49.9 Å². The van der Waals surface area contributed by atoms with Gasteiger partial charge in [-0.25, -0.2) is 8.42 Å². The highest BCUT2D eigenvalue weighted by Gasteiger charge is 2.27. The molecule has 1 aliphatic heterocycles. The first kappa shape index (κ1) is 22.5. The van der Waals surface area contributed by atoms with E-state index >= 15 is 0 Å². The molecule has 0 aromatic heterocycles. The van der Waals surface area contributed by atoms with Gasteiger partial charge in [0.2, 0.25) is 0 Å². The monoisotopic (exact) mass is 450 g/mol. The summed E-state index contributed by atoms with van der Waals surface area (Å²) in [6.07, 6.45) is 0. The Morgan fingerprint density at radius 3 is 1.97 bits per heavy atom. The van der Waals surface area contributed by atoms with Crippen molar-refractivity contribution in [3.05, 3.63) is 96.1 Å². The summed E-state index contributed by atoms with van der Waals surface area (Å²) >= 11 is 0. The number of ether oxygens (including phenoxy) is 1. The molecule has 4 rings (SSSR count). The smallest absolute Gasteiger partial charge is 0.179 e. The van der Waals surface area contributed by atoms with Crippen LogP contribution in [0, 0.1) is 0 Å². The van der Waals surface area contributed by atoms with Gasteiger partial charge in [-0.15, -0.1) is 0 Å². The Hall–Kier alpha value is -2.67. The fraction of sp³-hybridized carbons (Fsp3) is 0.308. The molecule has 0 amide bonds. The number of sulfone groups is 1. The summed E-state index contributed by atoms with van der Waals surface area (Å²) in [5.41, 5.74) is 2.57. The third-order valence-corrected chi connectivity index (χ3v) is 7.77. The van der Waals surface area contributed by atoms with E-state index in [-0.39, 0.29) is 11.8 Å². The number of piperazine rings is 1. The molecule has 0 aliphatic carbocycles. The zero-order valence-electron chi connectivity index (χ0n) is 18.4.